The lowest BCUT2D eigenvalue weighted by molar-refractivity contribution is 0.546. The standard InChI is InChI=1S/C39H64N4/c1-26(2)30-20-18-21-31(27(3)4)34(30)42-36(38(9,10)11)40-24-16-15-17-25-41-37(39(12,13)14)43-35-32(28(5)6)22-19-23-33(35)29(7)8/h18-23,26-29H,15-17,24-25H2,1-14H3,(H,40,42)(H,41,43). The summed E-state index contributed by atoms with van der Waals surface area (Å²) in [7, 11) is 0. The van der Waals surface area contributed by atoms with E-state index in [4.69, 9.17) is 9.98 Å². The lowest BCUT2D eigenvalue weighted by Gasteiger charge is -2.26. The summed E-state index contributed by atoms with van der Waals surface area (Å²) in [6.07, 6.45) is 3.36. The number of rotatable bonds is 12. The molecule has 2 aromatic carbocycles. The van der Waals surface area contributed by atoms with Crippen LogP contribution >= 0.6 is 0 Å². The maximum atomic E-state index is 5.31. The predicted molar refractivity (Wildman–Crippen MR) is 192 cm³/mol. The zero-order valence-electron chi connectivity index (χ0n) is 30.2. The van der Waals surface area contributed by atoms with E-state index in [2.05, 4.69) is 144 Å². The number of unbranched alkanes of at least 4 members (excludes halogenated alkanes) is 2. The van der Waals surface area contributed by atoms with Crippen LogP contribution in [0.15, 0.2) is 46.4 Å². The van der Waals surface area contributed by atoms with Gasteiger partial charge in [0.2, 0.25) is 0 Å². The van der Waals surface area contributed by atoms with Gasteiger partial charge in [-0.05, 0) is 65.2 Å². The Hall–Kier alpha value is -2.62. The fraction of sp³-hybridized carbons (Fsp3) is 0.641. The third-order valence-electron chi connectivity index (χ3n) is 7.99. The van der Waals surface area contributed by atoms with Crippen LogP contribution in [0.4, 0.5) is 11.4 Å². The maximum absolute atomic E-state index is 5.31. The molecule has 0 aliphatic heterocycles. The van der Waals surface area contributed by atoms with Crippen molar-refractivity contribution in [3.8, 4) is 0 Å². The van der Waals surface area contributed by atoms with Gasteiger partial charge in [-0.15, -0.1) is 0 Å². The minimum absolute atomic E-state index is 0.0565. The summed E-state index contributed by atoms with van der Waals surface area (Å²) in [5.74, 6) is 3.89. The third-order valence-corrected chi connectivity index (χ3v) is 7.99. The van der Waals surface area contributed by atoms with E-state index >= 15 is 0 Å². The number of amidine groups is 2. The first-order chi connectivity index (χ1) is 19.9. The molecule has 0 bridgehead atoms. The average Bonchev–Trinajstić information content (AvgIpc) is 2.89. The van der Waals surface area contributed by atoms with Gasteiger partial charge < -0.3 is 10.6 Å². The molecule has 0 aliphatic carbocycles. The highest BCUT2D eigenvalue weighted by molar-refractivity contribution is 5.91. The van der Waals surface area contributed by atoms with Gasteiger partial charge in [0.15, 0.2) is 0 Å². The highest BCUT2D eigenvalue weighted by Gasteiger charge is 2.23. The van der Waals surface area contributed by atoms with Crippen molar-refractivity contribution in [3.05, 3.63) is 58.7 Å². The van der Waals surface area contributed by atoms with Crippen molar-refractivity contribution in [2.24, 2.45) is 20.8 Å². The Bertz CT molecular complexity index is 1070. The molecule has 4 nitrogen and oxygen atoms in total. The second-order valence-electron chi connectivity index (χ2n) is 15.5. The van der Waals surface area contributed by atoms with Gasteiger partial charge in [-0.1, -0.05) is 133 Å². The van der Waals surface area contributed by atoms with Crippen molar-refractivity contribution in [2.75, 3.05) is 13.1 Å². The van der Waals surface area contributed by atoms with Gasteiger partial charge in [-0.25, -0.2) is 9.98 Å². The fourth-order valence-electron chi connectivity index (χ4n) is 5.29. The smallest absolute Gasteiger partial charge is 0.108 e. The minimum atomic E-state index is -0.0565. The van der Waals surface area contributed by atoms with Gasteiger partial charge in [0.1, 0.15) is 11.7 Å². The zero-order valence-corrected chi connectivity index (χ0v) is 30.2. The van der Waals surface area contributed by atoms with E-state index in [-0.39, 0.29) is 10.8 Å². The molecule has 4 heteroatoms. The molecule has 2 N–H and O–H groups in total. The third kappa shape index (κ3) is 10.8. The zero-order chi connectivity index (χ0) is 32.5. The van der Waals surface area contributed by atoms with Crippen LogP contribution < -0.4 is 10.6 Å². The van der Waals surface area contributed by atoms with Crippen LogP contribution in [-0.4, -0.2) is 24.8 Å². The minimum Gasteiger partial charge on any atom is -0.373 e. The summed E-state index contributed by atoms with van der Waals surface area (Å²) in [4.78, 5) is 10.6. The van der Waals surface area contributed by atoms with Gasteiger partial charge in [0.25, 0.3) is 0 Å². The van der Waals surface area contributed by atoms with Crippen molar-refractivity contribution in [2.45, 2.75) is 140 Å². The maximum Gasteiger partial charge on any atom is 0.108 e. The summed E-state index contributed by atoms with van der Waals surface area (Å²) >= 11 is 0. The second kappa shape index (κ2) is 15.9. The highest BCUT2D eigenvalue weighted by Crippen LogP contribution is 2.37. The Kier molecular flexibility index (Phi) is 13.5. The van der Waals surface area contributed by atoms with Crippen LogP contribution in [-0.2, 0) is 0 Å². The molecular weight excluding hydrogens is 524 g/mol. The van der Waals surface area contributed by atoms with E-state index < -0.39 is 0 Å². The number of nitrogens with zero attached hydrogens (tertiary/aromatic N) is 2. The van der Waals surface area contributed by atoms with Crippen LogP contribution in [0.3, 0.4) is 0 Å². The van der Waals surface area contributed by atoms with Crippen LogP contribution in [0.1, 0.15) is 162 Å². The van der Waals surface area contributed by atoms with Gasteiger partial charge in [0, 0.05) is 23.9 Å². The summed E-state index contributed by atoms with van der Waals surface area (Å²) in [6.45, 7) is 33.5. The molecular formula is C39H64N4. The van der Waals surface area contributed by atoms with E-state index in [0.29, 0.717) is 23.7 Å². The van der Waals surface area contributed by atoms with E-state index in [1.807, 2.05) is 0 Å². The molecule has 0 saturated carbocycles. The topological polar surface area (TPSA) is 48.8 Å². The molecule has 43 heavy (non-hydrogen) atoms. The van der Waals surface area contributed by atoms with E-state index in [0.717, 1.165) is 55.4 Å². The molecule has 0 aromatic heterocycles. The van der Waals surface area contributed by atoms with Crippen molar-refractivity contribution < 1.29 is 0 Å². The molecule has 0 radical (unpaired) electrons. The Balaban J connectivity index is 2.10. The average molecular weight is 589 g/mol. The van der Waals surface area contributed by atoms with Crippen LogP contribution in [0.2, 0.25) is 0 Å². The monoisotopic (exact) mass is 589 g/mol. The van der Waals surface area contributed by atoms with Crippen LogP contribution in [0.25, 0.3) is 0 Å². The molecule has 0 aliphatic rings. The Labute approximate surface area is 265 Å². The molecule has 0 amide bonds. The molecule has 240 valence electrons. The van der Waals surface area contributed by atoms with Crippen molar-refractivity contribution in [1.29, 1.82) is 0 Å². The molecule has 0 spiro atoms. The van der Waals surface area contributed by atoms with Crippen molar-refractivity contribution in [1.82, 2.24) is 10.6 Å². The second-order valence-corrected chi connectivity index (χ2v) is 15.5. The summed E-state index contributed by atoms with van der Waals surface area (Å²) < 4.78 is 0. The fourth-order valence-corrected chi connectivity index (χ4v) is 5.29. The lowest BCUT2D eigenvalue weighted by Crippen LogP contribution is -2.36. The molecule has 0 unspecified atom stereocenters. The van der Waals surface area contributed by atoms with E-state index in [1.165, 1.54) is 22.3 Å². The summed E-state index contributed by atoms with van der Waals surface area (Å²) in [5, 5.41) is 7.47. The number of hydrogen-bond acceptors (Lipinski definition) is 2. The Morgan fingerprint density at radius 1 is 0.512 bits per heavy atom. The van der Waals surface area contributed by atoms with Crippen molar-refractivity contribution in [3.63, 3.8) is 0 Å². The first kappa shape index (κ1) is 36.6. The number of benzene rings is 2. The predicted octanol–water partition coefficient (Wildman–Crippen LogP) is 11.4. The Morgan fingerprint density at radius 3 is 1.02 bits per heavy atom. The SMILES string of the molecule is CC(C)c1cccc(C(C)C)c1/N=C(/NCCCCCN/C(=N/c1c(C(C)C)cccc1C(C)C)C(C)(C)C)C(C)(C)C. The van der Waals surface area contributed by atoms with Crippen LogP contribution in [0, 0.1) is 10.8 Å². The lowest BCUT2D eigenvalue weighted by atomic mass is 9.91. The normalized spacial score (nSPS) is 13.5. The molecule has 0 heterocycles. The summed E-state index contributed by atoms with van der Waals surface area (Å²) in [6, 6.07) is 13.3. The quantitative estimate of drug-likeness (QED) is 0.147. The van der Waals surface area contributed by atoms with E-state index in [1.54, 1.807) is 0 Å². The Morgan fingerprint density at radius 2 is 0.791 bits per heavy atom. The highest BCUT2D eigenvalue weighted by atomic mass is 15.0. The number of aliphatic imine (C=N–C) groups is 2. The largest absolute Gasteiger partial charge is 0.373 e. The number of para-hydroxylation sites is 2. The van der Waals surface area contributed by atoms with Gasteiger partial charge in [0.05, 0.1) is 11.4 Å². The van der Waals surface area contributed by atoms with Crippen LogP contribution in [0.5, 0.6) is 0 Å². The van der Waals surface area contributed by atoms with Gasteiger partial charge >= 0.3 is 0 Å². The first-order valence-electron chi connectivity index (χ1n) is 16.9. The molecule has 0 fully saturated rings. The molecule has 2 rings (SSSR count). The van der Waals surface area contributed by atoms with Gasteiger partial charge in [-0.3, -0.25) is 0 Å². The number of nitrogens with one attached hydrogen (secondary N) is 2. The summed E-state index contributed by atoms with van der Waals surface area (Å²) in [5.41, 5.74) is 7.51. The van der Waals surface area contributed by atoms with E-state index in [9.17, 15) is 0 Å². The first-order valence-corrected chi connectivity index (χ1v) is 16.9. The molecule has 0 saturated heterocycles. The van der Waals surface area contributed by atoms with Crippen molar-refractivity contribution >= 4 is 23.0 Å². The van der Waals surface area contributed by atoms with Gasteiger partial charge in [-0.2, -0.15) is 0 Å². The number of hydrogen-bond donors (Lipinski definition) is 2. The molecule has 0 atom stereocenters. The molecule has 2 aromatic rings.